The number of amides is 1. The molecule has 0 atom stereocenters. The van der Waals surface area contributed by atoms with Gasteiger partial charge in [-0.05, 0) is 11.2 Å². The summed E-state index contributed by atoms with van der Waals surface area (Å²) in [5, 5.41) is 6.99. The summed E-state index contributed by atoms with van der Waals surface area (Å²) >= 11 is 0. The minimum absolute atomic E-state index is 0.158. The third-order valence-electron chi connectivity index (χ3n) is 2.98. The van der Waals surface area contributed by atoms with Gasteiger partial charge in [0.1, 0.15) is 6.20 Å². The first kappa shape index (κ1) is 11.6. The van der Waals surface area contributed by atoms with Crippen LogP contribution in [0.4, 0.5) is 5.95 Å². The molecule has 1 saturated heterocycles. The lowest BCUT2D eigenvalue weighted by molar-refractivity contribution is 0.0735. The van der Waals surface area contributed by atoms with Crippen LogP contribution in [0.15, 0.2) is 29.3 Å². The lowest BCUT2D eigenvalue weighted by Crippen LogP contribution is -2.49. The highest BCUT2D eigenvalue weighted by atomic mass is 16.6. The Morgan fingerprint density at radius 1 is 1.16 bits per heavy atom. The van der Waals surface area contributed by atoms with E-state index in [9.17, 15) is 4.79 Å². The number of carbonyl (C=O) groups is 1. The molecule has 1 fully saturated rings. The summed E-state index contributed by atoms with van der Waals surface area (Å²) in [5.41, 5.74) is 0.240. The SMILES string of the molecule is O=C(c1cnon1)N1CCN(c2ncccn2)CC1. The zero-order valence-electron chi connectivity index (χ0n) is 10.1. The third-order valence-corrected chi connectivity index (χ3v) is 2.98. The van der Waals surface area contributed by atoms with Crippen molar-refractivity contribution >= 4 is 11.9 Å². The van der Waals surface area contributed by atoms with Gasteiger partial charge in [0.05, 0.1) is 0 Å². The summed E-state index contributed by atoms with van der Waals surface area (Å²) in [6.45, 7) is 2.59. The van der Waals surface area contributed by atoms with Gasteiger partial charge < -0.3 is 9.80 Å². The van der Waals surface area contributed by atoms with Crippen molar-refractivity contribution in [2.45, 2.75) is 0 Å². The van der Waals surface area contributed by atoms with E-state index in [0.717, 1.165) is 0 Å². The lowest BCUT2D eigenvalue weighted by atomic mass is 10.3. The van der Waals surface area contributed by atoms with Crippen LogP contribution < -0.4 is 4.90 Å². The van der Waals surface area contributed by atoms with Gasteiger partial charge in [0.15, 0.2) is 5.69 Å². The Morgan fingerprint density at radius 3 is 2.53 bits per heavy atom. The van der Waals surface area contributed by atoms with Crippen molar-refractivity contribution < 1.29 is 9.42 Å². The van der Waals surface area contributed by atoms with Gasteiger partial charge in [-0.2, -0.15) is 0 Å². The number of rotatable bonds is 2. The molecular weight excluding hydrogens is 248 g/mol. The van der Waals surface area contributed by atoms with E-state index in [4.69, 9.17) is 0 Å². The number of anilines is 1. The van der Waals surface area contributed by atoms with Crippen LogP contribution in [0.3, 0.4) is 0 Å². The van der Waals surface area contributed by atoms with Crippen molar-refractivity contribution in [3.05, 3.63) is 30.4 Å². The predicted molar refractivity (Wildman–Crippen MR) is 64.4 cm³/mol. The number of aromatic nitrogens is 4. The van der Waals surface area contributed by atoms with Crippen molar-refractivity contribution in [2.75, 3.05) is 31.1 Å². The average molecular weight is 260 g/mol. The van der Waals surface area contributed by atoms with Crippen LogP contribution in [0.1, 0.15) is 10.5 Å². The van der Waals surface area contributed by atoms with Crippen LogP contribution >= 0.6 is 0 Å². The second-order valence-corrected chi connectivity index (χ2v) is 4.12. The summed E-state index contributed by atoms with van der Waals surface area (Å²) in [5.74, 6) is 0.535. The molecule has 2 aromatic rings. The monoisotopic (exact) mass is 260 g/mol. The van der Waals surface area contributed by atoms with Gasteiger partial charge in [0.2, 0.25) is 5.95 Å². The molecule has 3 rings (SSSR count). The summed E-state index contributed by atoms with van der Waals surface area (Å²) < 4.78 is 4.44. The highest BCUT2D eigenvalue weighted by molar-refractivity contribution is 5.91. The fraction of sp³-hybridized carbons (Fsp3) is 0.364. The van der Waals surface area contributed by atoms with E-state index >= 15 is 0 Å². The normalized spacial score (nSPS) is 15.6. The molecular formula is C11H12N6O2. The minimum atomic E-state index is -0.158. The van der Waals surface area contributed by atoms with Gasteiger partial charge in [-0.25, -0.2) is 14.6 Å². The zero-order chi connectivity index (χ0) is 13.1. The molecule has 2 aromatic heterocycles. The Bertz CT molecular complexity index is 536. The third kappa shape index (κ3) is 2.37. The van der Waals surface area contributed by atoms with E-state index in [-0.39, 0.29) is 11.6 Å². The van der Waals surface area contributed by atoms with Crippen molar-refractivity contribution in [1.29, 1.82) is 0 Å². The van der Waals surface area contributed by atoms with Crippen molar-refractivity contribution in [1.82, 2.24) is 25.2 Å². The Labute approximate surface area is 109 Å². The molecule has 98 valence electrons. The highest BCUT2D eigenvalue weighted by Gasteiger charge is 2.24. The molecule has 0 aliphatic carbocycles. The maximum absolute atomic E-state index is 12.0. The van der Waals surface area contributed by atoms with Gasteiger partial charge >= 0.3 is 0 Å². The first-order chi connectivity index (χ1) is 9.34. The maximum Gasteiger partial charge on any atom is 0.277 e. The fourth-order valence-corrected chi connectivity index (χ4v) is 1.98. The number of nitrogens with zero attached hydrogens (tertiary/aromatic N) is 6. The largest absolute Gasteiger partial charge is 0.337 e. The Hall–Kier alpha value is -2.51. The highest BCUT2D eigenvalue weighted by Crippen LogP contribution is 2.11. The standard InChI is InChI=1S/C11H12N6O2/c18-10(9-8-14-19-15-9)16-4-6-17(7-5-16)11-12-2-1-3-13-11/h1-3,8H,4-7H2. The molecule has 0 aromatic carbocycles. The molecule has 0 unspecified atom stereocenters. The molecule has 3 heterocycles. The molecule has 0 N–H and O–H groups in total. The Morgan fingerprint density at radius 2 is 1.89 bits per heavy atom. The molecule has 0 spiro atoms. The van der Waals surface area contributed by atoms with E-state index in [2.05, 4.69) is 24.9 Å². The predicted octanol–water partition coefficient (Wildman–Crippen LogP) is -0.178. The quantitative estimate of drug-likeness (QED) is 0.740. The second-order valence-electron chi connectivity index (χ2n) is 4.12. The molecule has 8 heteroatoms. The van der Waals surface area contributed by atoms with E-state index in [1.807, 2.05) is 4.90 Å². The smallest absolute Gasteiger partial charge is 0.277 e. The molecule has 8 nitrogen and oxygen atoms in total. The van der Waals surface area contributed by atoms with Crippen molar-refractivity contribution in [3.63, 3.8) is 0 Å². The van der Waals surface area contributed by atoms with Crippen LogP contribution in [0, 0.1) is 0 Å². The van der Waals surface area contributed by atoms with Crippen LogP contribution in [-0.2, 0) is 0 Å². The Balaban J connectivity index is 1.62. The fourth-order valence-electron chi connectivity index (χ4n) is 1.98. The molecule has 19 heavy (non-hydrogen) atoms. The maximum atomic E-state index is 12.0. The van der Waals surface area contributed by atoms with Crippen LogP contribution in [0.5, 0.6) is 0 Å². The molecule has 1 aliphatic heterocycles. The average Bonchev–Trinajstić information content (AvgIpc) is 3.02. The van der Waals surface area contributed by atoms with Crippen LogP contribution in [0.2, 0.25) is 0 Å². The van der Waals surface area contributed by atoms with Crippen LogP contribution in [0.25, 0.3) is 0 Å². The molecule has 1 amide bonds. The van der Waals surface area contributed by atoms with E-state index in [1.54, 1.807) is 23.4 Å². The Kier molecular flexibility index (Phi) is 3.05. The second kappa shape index (κ2) is 5.01. The minimum Gasteiger partial charge on any atom is -0.337 e. The van der Waals surface area contributed by atoms with Crippen molar-refractivity contribution in [2.24, 2.45) is 0 Å². The first-order valence-corrected chi connectivity index (χ1v) is 5.93. The van der Waals surface area contributed by atoms with E-state index < -0.39 is 0 Å². The van der Waals surface area contributed by atoms with Gasteiger partial charge in [-0.1, -0.05) is 5.16 Å². The van der Waals surface area contributed by atoms with Gasteiger partial charge in [-0.15, -0.1) is 0 Å². The number of hydrogen-bond acceptors (Lipinski definition) is 7. The van der Waals surface area contributed by atoms with Gasteiger partial charge in [-0.3, -0.25) is 4.79 Å². The molecule has 0 radical (unpaired) electrons. The van der Waals surface area contributed by atoms with E-state index in [1.165, 1.54) is 6.20 Å². The van der Waals surface area contributed by atoms with Crippen LogP contribution in [-0.4, -0.2) is 57.3 Å². The first-order valence-electron chi connectivity index (χ1n) is 5.93. The summed E-state index contributed by atoms with van der Waals surface area (Å²) in [7, 11) is 0. The molecule has 0 bridgehead atoms. The summed E-state index contributed by atoms with van der Waals surface area (Å²) in [6, 6.07) is 1.78. The van der Waals surface area contributed by atoms with E-state index in [0.29, 0.717) is 32.1 Å². The molecule has 1 aliphatic rings. The summed E-state index contributed by atoms with van der Waals surface area (Å²) in [6.07, 6.45) is 4.75. The van der Waals surface area contributed by atoms with Gasteiger partial charge in [0.25, 0.3) is 5.91 Å². The number of hydrogen-bond donors (Lipinski definition) is 0. The lowest BCUT2D eigenvalue weighted by Gasteiger charge is -2.34. The number of piperazine rings is 1. The zero-order valence-corrected chi connectivity index (χ0v) is 10.1. The topological polar surface area (TPSA) is 88.3 Å². The number of carbonyl (C=O) groups excluding carboxylic acids is 1. The van der Waals surface area contributed by atoms with Gasteiger partial charge in [0, 0.05) is 38.6 Å². The molecule has 0 saturated carbocycles. The van der Waals surface area contributed by atoms with Crippen molar-refractivity contribution in [3.8, 4) is 0 Å². The summed E-state index contributed by atoms with van der Waals surface area (Å²) in [4.78, 5) is 24.2.